The second kappa shape index (κ2) is 7.39. The summed E-state index contributed by atoms with van der Waals surface area (Å²) >= 11 is 0. The van der Waals surface area contributed by atoms with Crippen LogP contribution in [0.4, 0.5) is 0 Å². The van der Waals surface area contributed by atoms with E-state index in [1.54, 1.807) is 0 Å². The highest BCUT2D eigenvalue weighted by Gasteiger charge is 2.06. The molecule has 1 aromatic heterocycles. The molecule has 1 unspecified atom stereocenters. The summed E-state index contributed by atoms with van der Waals surface area (Å²) in [4.78, 5) is 4.18. The quantitative estimate of drug-likeness (QED) is 0.738. The van der Waals surface area contributed by atoms with Gasteiger partial charge in [-0.05, 0) is 19.8 Å². The first-order chi connectivity index (χ1) is 7.76. The van der Waals surface area contributed by atoms with E-state index >= 15 is 0 Å². The molecule has 0 bridgehead atoms. The Morgan fingerprint density at radius 3 is 2.75 bits per heavy atom. The second-order valence-electron chi connectivity index (χ2n) is 4.19. The minimum Gasteiger partial charge on any atom is -0.339 e. The lowest BCUT2D eigenvalue weighted by atomic mass is 10.1. The summed E-state index contributed by atoms with van der Waals surface area (Å²) in [7, 11) is 0. The zero-order chi connectivity index (χ0) is 11.8. The summed E-state index contributed by atoms with van der Waals surface area (Å²) < 4.78 is 5.06. The van der Waals surface area contributed by atoms with E-state index in [0.717, 1.165) is 18.9 Å². The molecule has 1 aromatic rings. The van der Waals surface area contributed by atoms with Crippen molar-refractivity contribution in [1.82, 2.24) is 15.5 Å². The molecule has 0 aliphatic carbocycles. The molecule has 1 heterocycles. The minimum absolute atomic E-state index is 0.629. The monoisotopic (exact) mass is 225 g/mol. The molecular formula is C12H23N3O. The molecule has 0 amide bonds. The zero-order valence-corrected chi connectivity index (χ0v) is 10.6. The summed E-state index contributed by atoms with van der Waals surface area (Å²) in [5, 5.41) is 7.30. The largest absolute Gasteiger partial charge is 0.339 e. The lowest BCUT2D eigenvalue weighted by molar-refractivity contribution is 0.365. The Morgan fingerprint density at radius 2 is 2.19 bits per heavy atom. The van der Waals surface area contributed by atoms with Crippen LogP contribution >= 0.6 is 0 Å². The van der Waals surface area contributed by atoms with Crippen LogP contribution in [0.15, 0.2) is 4.52 Å². The molecule has 0 spiro atoms. The van der Waals surface area contributed by atoms with Crippen LogP contribution in [-0.4, -0.2) is 22.7 Å². The van der Waals surface area contributed by atoms with E-state index in [0.29, 0.717) is 11.9 Å². The van der Waals surface area contributed by atoms with Crippen LogP contribution in [0, 0.1) is 6.92 Å². The molecular weight excluding hydrogens is 202 g/mol. The third-order valence-electron chi connectivity index (χ3n) is 2.74. The van der Waals surface area contributed by atoms with Gasteiger partial charge in [0.1, 0.15) is 0 Å². The number of unbranched alkanes of at least 4 members (excludes halogenated alkanes) is 1. The smallest absolute Gasteiger partial charge is 0.227 e. The molecule has 0 aliphatic rings. The summed E-state index contributed by atoms with van der Waals surface area (Å²) in [5.41, 5.74) is 0. The maximum absolute atomic E-state index is 5.06. The van der Waals surface area contributed by atoms with Crippen molar-refractivity contribution in [2.24, 2.45) is 0 Å². The molecule has 0 aromatic carbocycles. The first-order valence-corrected chi connectivity index (χ1v) is 6.28. The Hall–Kier alpha value is -0.900. The summed E-state index contributed by atoms with van der Waals surface area (Å²) in [6, 6.07) is 0.629. The number of nitrogens with zero attached hydrogens (tertiary/aromatic N) is 2. The van der Waals surface area contributed by atoms with E-state index < -0.39 is 0 Å². The molecule has 4 heteroatoms. The molecule has 1 atom stereocenters. The molecule has 0 aliphatic heterocycles. The van der Waals surface area contributed by atoms with Crippen LogP contribution in [0.5, 0.6) is 0 Å². The van der Waals surface area contributed by atoms with E-state index in [9.17, 15) is 0 Å². The van der Waals surface area contributed by atoms with E-state index in [4.69, 9.17) is 4.52 Å². The van der Waals surface area contributed by atoms with Crippen LogP contribution in [0.25, 0.3) is 0 Å². The van der Waals surface area contributed by atoms with E-state index in [1.807, 2.05) is 6.92 Å². The number of hydrogen-bond acceptors (Lipinski definition) is 4. The van der Waals surface area contributed by atoms with Crippen molar-refractivity contribution in [3.05, 3.63) is 11.7 Å². The molecule has 0 saturated carbocycles. The molecule has 0 saturated heterocycles. The number of hydrogen-bond donors (Lipinski definition) is 1. The average Bonchev–Trinajstić information content (AvgIpc) is 2.69. The van der Waals surface area contributed by atoms with Crippen LogP contribution in [0.3, 0.4) is 0 Å². The van der Waals surface area contributed by atoms with Gasteiger partial charge in [-0.2, -0.15) is 4.98 Å². The van der Waals surface area contributed by atoms with Gasteiger partial charge in [0.05, 0.1) is 0 Å². The Kier molecular flexibility index (Phi) is 6.08. The Bertz CT molecular complexity index is 286. The lowest BCUT2D eigenvalue weighted by Gasteiger charge is -2.15. The first-order valence-electron chi connectivity index (χ1n) is 6.28. The fraction of sp³-hybridized carbons (Fsp3) is 0.833. The Balaban J connectivity index is 2.17. The minimum atomic E-state index is 0.629. The number of aryl methyl sites for hydroxylation is 1. The highest BCUT2D eigenvalue weighted by Crippen LogP contribution is 2.04. The Morgan fingerprint density at radius 1 is 1.38 bits per heavy atom. The lowest BCUT2D eigenvalue weighted by Crippen LogP contribution is -2.30. The van der Waals surface area contributed by atoms with Crippen LogP contribution < -0.4 is 5.32 Å². The molecule has 4 nitrogen and oxygen atoms in total. The fourth-order valence-corrected chi connectivity index (χ4v) is 1.73. The summed E-state index contributed by atoms with van der Waals surface area (Å²) in [6.07, 6.45) is 5.83. The summed E-state index contributed by atoms with van der Waals surface area (Å²) in [5.74, 6) is 1.45. The predicted octanol–water partition coefficient (Wildman–Crippen LogP) is 2.48. The number of rotatable bonds is 8. The van der Waals surface area contributed by atoms with Crippen molar-refractivity contribution in [3.8, 4) is 0 Å². The van der Waals surface area contributed by atoms with Gasteiger partial charge in [-0.15, -0.1) is 0 Å². The average molecular weight is 225 g/mol. The maximum atomic E-state index is 5.06. The maximum Gasteiger partial charge on any atom is 0.227 e. The number of nitrogens with one attached hydrogen (secondary N) is 1. The van der Waals surface area contributed by atoms with Crippen LogP contribution in [0.1, 0.15) is 51.2 Å². The van der Waals surface area contributed by atoms with Gasteiger partial charge >= 0.3 is 0 Å². The third-order valence-corrected chi connectivity index (χ3v) is 2.74. The van der Waals surface area contributed by atoms with Crippen molar-refractivity contribution < 1.29 is 4.52 Å². The first kappa shape index (κ1) is 13.2. The second-order valence-corrected chi connectivity index (χ2v) is 4.19. The molecule has 92 valence electrons. The predicted molar refractivity (Wildman–Crippen MR) is 64.3 cm³/mol. The standard InChI is InChI=1S/C12H23N3O/c1-4-6-7-11(5-2)13-9-8-12-14-10(3)15-16-12/h11,13H,4-9H2,1-3H3. The molecule has 16 heavy (non-hydrogen) atoms. The molecule has 0 radical (unpaired) electrons. The number of aromatic nitrogens is 2. The highest BCUT2D eigenvalue weighted by molar-refractivity contribution is 4.83. The zero-order valence-electron chi connectivity index (χ0n) is 10.6. The van der Waals surface area contributed by atoms with Gasteiger partial charge in [0, 0.05) is 19.0 Å². The van der Waals surface area contributed by atoms with Crippen molar-refractivity contribution in [1.29, 1.82) is 0 Å². The van der Waals surface area contributed by atoms with Crippen LogP contribution in [-0.2, 0) is 6.42 Å². The van der Waals surface area contributed by atoms with E-state index in [1.165, 1.54) is 25.7 Å². The third kappa shape index (κ3) is 4.75. The van der Waals surface area contributed by atoms with Gasteiger partial charge in [-0.3, -0.25) is 0 Å². The highest BCUT2D eigenvalue weighted by atomic mass is 16.5. The van der Waals surface area contributed by atoms with E-state index in [-0.39, 0.29) is 0 Å². The van der Waals surface area contributed by atoms with Gasteiger partial charge in [-0.1, -0.05) is 31.8 Å². The Labute approximate surface area is 97.8 Å². The van der Waals surface area contributed by atoms with Gasteiger partial charge in [0.25, 0.3) is 0 Å². The van der Waals surface area contributed by atoms with Gasteiger partial charge in [0.15, 0.2) is 5.82 Å². The molecule has 1 N–H and O–H groups in total. The van der Waals surface area contributed by atoms with E-state index in [2.05, 4.69) is 29.3 Å². The summed E-state index contributed by atoms with van der Waals surface area (Å²) in [6.45, 7) is 7.22. The van der Waals surface area contributed by atoms with Crippen molar-refractivity contribution >= 4 is 0 Å². The molecule has 1 rings (SSSR count). The SMILES string of the molecule is CCCCC(CC)NCCc1nc(C)no1. The van der Waals surface area contributed by atoms with Crippen LogP contribution in [0.2, 0.25) is 0 Å². The van der Waals surface area contributed by atoms with Gasteiger partial charge in [0.2, 0.25) is 5.89 Å². The van der Waals surface area contributed by atoms with Crippen molar-refractivity contribution in [2.45, 2.75) is 58.9 Å². The van der Waals surface area contributed by atoms with Crippen molar-refractivity contribution in [2.75, 3.05) is 6.54 Å². The van der Waals surface area contributed by atoms with Crippen molar-refractivity contribution in [3.63, 3.8) is 0 Å². The topological polar surface area (TPSA) is 51.0 Å². The van der Waals surface area contributed by atoms with Gasteiger partial charge < -0.3 is 9.84 Å². The normalized spacial score (nSPS) is 12.9. The van der Waals surface area contributed by atoms with Gasteiger partial charge in [-0.25, -0.2) is 0 Å². The molecule has 0 fully saturated rings. The fourth-order valence-electron chi connectivity index (χ4n) is 1.73.